The molecule has 2 bridgehead atoms. The molecule has 5 rings (SSSR count). The minimum absolute atomic E-state index is 0.151. The lowest BCUT2D eigenvalue weighted by Crippen LogP contribution is -2.49. The Labute approximate surface area is 238 Å². The Morgan fingerprint density at radius 2 is 1.46 bits per heavy atom. The van der Waals surface area contributed by atoms with Crippen LogP contribution in [0.4, 0.5) is 16.2 Å². The van der Waals surface area contributed by atoms with Crippen molar-refractivity contribution in [3.63, 3.8) is 0 Å². The van der Waals surface area contributed by atoms with Crippen molar-refractivity contribution in [3.8, 4) is 0 Å². The van der Waals surface area contributed by atoms with Crippen LogP contribution in [0.2, 0.25) is 0 Å². The van der Waals surface area contributed by atoms with Crippen molar-refractivity contribution in [2.75, 3.05) is 30.8 Å². The van der Waals surface area contributed by atoms with E-state index >= 15 is 0 Å². The quantitative estimate of drug-likeness (QED) is 0.163. The normalized spacial score (nSPS) is 19.4. The number of nitrogens with one attached hydrogen (secondary N) is 4. The predicted octanol–water partition coefficient (Wildman–Crippen LogP) is 3.82. The molecule has 3 aromatic rings. The van der Waals surface area contributed by atoms with Gasteiger partial charge in [-0.25, -0.2) is 9.59 Å². The SMILES string of the molecule is COC(=O)C1=C(C(=O)NCCNC(=O)Nc2ccccc2)C2C=CC1(C(Cc1ccccc1)Nc1ccccc1)O2. The molecule has 4 N–H and O–H groups in total. The fourth-order valence-electron chi connectivity index (χ4n) is 5.20. The number of methoxy groups -OCH3 is 1. The Morgan fingerprint density at radius 3 is 2.12 bits per heavy atom. The van der Waals surface area contributed by atoms with Crippen molar-refractivity contribution in [1.82, 2.24) is 10.6 Å². The number of carbonyl (C=O) groups excluding carboxylic acids is 3. The number of hydrogen-bond donors (Lipinski definition) is 4. The first kappa shape index (κ1) is 27.7. The summed E-state index contributed by atoms with van der Waals surface area (Å²) in [7, 11) is 1.29. The average molecular weight is 553 g/mol. The van der Waals surface area contributed by atoms with E-state index in [9.17, 15) is 14.4 Å². The Bertz CT molecular complexity index is 1400. The van der Waals surface area contributed by atoms with Gasteiger partial charge < -0.3 is 30.7 Å². The van der Waals surface area contributed by atoms with Crippen LogP contribution in [0.1, 0.15) is 5.56 Å². The highest BCUT2D eigenvalue weighted by Gasteiger charge is 2.58. The van der Waals surface area contributed by atoms with Gasteiger partial charge in [0.2, 0.25) is 0 Å². The fourth-order valence-corrected chi connectivity index (χ4v) is 5.20. The van der Waals surface area contributed by atoms with Crippen LogP contribution in [0, 0.1) is 0 Å². The monoisotopic (exact) mass is 552 g/mol. The Kier molecular flexibility index (Phi) is 8.45. The fraction of sp³-hybridized carbons (Fsp3) is 0.219. The zero-order valence-corrected chi connectivity index (χ0v) is 22.6. The molecule has 3 unspecified atom stereocenters. The van der Waals surface area contributed by atoms with Crippen molar-refractivity contribution in [3.05, 3.63) is 120 Å². The van der Waals surface area contributed by atoms with Crippen LogP contribution in [-0.4, -0.2) is 55.9 Å². The molecule has 0 fully saturated rings. The van der Waals surface area contributed by atoms with Gasteiger partial charge in [0, 0.05) is 24.5 Å². The minimum Gasteiger partial charge on any atom is -0.466 e. The molecule has 9 nitrogen and oxygen atoms in total. The van der Waals surface area contributed by atoms with E-state index in [0.717, 1.165) is 11.3 Å². The van der Waals surface area contributed by atoms with E-state index < -0.39 is 29.6 Å². The van der Waals surface area contributed by atoms with Gasteiger partial charge in [-0.2, -0.15) is 0 Å². The number of esters is 1. The third-order valence-electron chi connectivity index (χ3n) is 7.06. The summed E-state index contributed by atoms with van der Waals surface area (Å²) in [5.74, 6) is -1.08. The molecular formula is C32H32N4O5. The molecule has 0 aromatic heterocycles. The molecule has 3 amide bonds. The number of para-hydroxylation sites is 2. The summed E-state index contributed by atoms with van der Waals surface area (Å²) in [5, 5.41) is 11.8. The summed E-state index contributed by atoms with van der Waals surface area (Å²) in [6, 6.07) is 27.8. The predicted molar refractivity (Wildman–Crippen MR) is 156 cm³/mol. The molecule has 9 heteroatoms. The molecular weight excluding hydrogens is 520 g/mol. The summed E-state index contributed by atoms with van der Waals surface area (Å²) in [4.78, 5) is 38.9. The van der Waals surface area contributed by atoms with Crippen molar-refractivity contribution in [2.45, 2.75) is 24.2 Å². The van der Waals surface area contributed by atoms with Crippen molar-refractivity contribution < 1.29 is 23.9 Å². The van der Waals surface area contributed by atoms with Crippen LogP contribution in [0.15, 0.2) is 114 Å². The molecule has 0 radical (unpaired) electrons. The first-order valence-electron chi connectivity index (χ1n) is 13.4. The first-order chi connectivity index (χ1) is 20.0. The van der Waals surface area contributed by atoms with Crippen LogP contribution < -0.4 is 21.3 Å². The zero-order valence-electron chi connectivity index (χ0n) is 22.6. The largest absolute Gasteiger partial charge is 0.466 e. The molecule has 3 aromatic carbocycles. The minimum atomic E-state index is -1.23. The number of amides is 3. The van der Waals surface area contributed by atoms with E-state index in [4.69, 9.17) is 9.47 Å². The van der Waals surface area contributed by atoms with Gasteiger partial charge in [0.1, 0.15) is 11.7 Å². The maximum atomic E-state index is 13.4. The Hall–Kier alpha value is -4.89. The molecule has 0 aliphatic carbocycles. The molecule has 2 heterocycles. The third kappa shape index (κ3) is 6.15. The van der Waals surface area contributed by atoms with E-state index in [0.29, 0.717) is 12.1 Å². The highest BCUT2D eigenvalue weighted by Crippen LogP contribution is 2.47. The van der Waals surface area contributed by atoms with E-state index in [1.165, 1.54) is 7.11 Å². The van der Waals surface area contributed by atoms with Gasteiger partial charge in [0.25, 0.3) is 5.91 Å². The number of carbonyl (C=O) groups is 3. The van der Waals surface area contributed by atoms with Gasteiger partial charge >= 0.3 is 12.0 Å². The molecule has 0 spiro atoms. The summed E-state index contributed by atoms with van der Waals surface area (Å²) in [6.45, 7) is 0.335. The Balaban J connectivity index is 1.35. The lowest BCUT2D eigenvalue weighted by Gasteiger charge is -2.36. The maximum absolute atomic E-state index is 13.4. The number of urea groups is 1. The standard InChI is InChI=1S/C32H32N4O5/c1-40-30(38)28-27(29(37)33-19-20-34-31(39)36-24-15-9-4-10-16-24)25-17-18-32(28,41-25)26(21-22-11-5-2-6-12-22)35-23-13-7-3-8-14-23/h2-18,25-26,35H,19-21H2,1H3,(H,33,37)(H2,34,36,39). The first-order valence-corrected chi connectivity index (χ1v) is 13.4. The smallest absolute Gasteiger partial charge is 0.337 e. The lowest BCUT2D eigenvalue weighted by atomic mass is 9.79. The zero-order chi connectivity index (χ0) is 28.7. The number of rotatable bonds is 11. The van der Waals surface area contributed by atoms with E-state index in [2.05, 4.69) is 21.3 Å². The number of ether oxygens (including phenoxy) is 2. The third-order valence-corrected chi connectivity index (χ3v) is 7.06. The average Bonchev–Trinajstić information content (AvgIpc) is 3.59. The van der Waals surface area contributed by atoms with Gasteiger partial charge in [0.15, 0.2) is 0 Å². The molecule has 0 saturated carbocycles. The Morgan fingerprint density at radius 1 is 0.854 bits per heavy atom. The molecule has 0 saturated heterocycles. The maximum Gasteiger partial charge on any atom is 0.337 e. The molecule has 3 atom stereocenters. The summed E-state index contributed by atoms with van der Waals surface area (Å²) in [6.07, 6.45) is 3.45. The lowest BCUT2D eigenvalue weighted by molar-refractivity contribution is -0.138. The van der Waals surface area contributed by atoms with Crippen LogP contribution in [0.5, 0.6) is 0 Å². The van der Waals surface area contributed by atoms with Crippen LogP contribution >= 0.6 is 0 Å². The number of benzene rings is 3. The second-order valence-electron chi connectivity index (χ2n) is 9.73. The van der Waals surface area contributed by atoms with Crippen molar-refractivity contribution in [1.29, 1.82) is 0 Å². The highest BCUT2D eigenvalue weighted by atomic mass is 16.5. The second-order valence-corrected chi connectivity index (χ2v) is 9.73. The van der Waals surface area contributed by atoms with E-state index in [1.807, 2.05) is 84.9 Å². The van der Waals surface area contributed by atoms with Gasteiger partial charge in [-0.3, -0.25) is 4.79 Å². The summed E-state index contributed by atoms with van der Waals surface area (Å²) in [5.41, 5.74) is 1.70. The topological polar surface area (TPSA) is 118 Å². The molecule has 41 heavy (non-hydrogen) atoms. The number of fused-ring (bicyclic) bond motifs is 2. The molecule has 2 aliphatic rings. The van der Waals surface area contributed by atoms with Gasteiger partial charge in [-0.05, 0) is 42.3 Å². The van der Waals surface area contributed by atoms with Gasteiger partial charge in [0.05, 0.1) is 24.3 Å². The van der Waals surface area contributed by atoms with Gasteiger partial charge in [-0.15, -0.1) is 0 Å². The summed E-state index contributed by atoms with van der Waals surface area (Å²) < 4.78 is 11.6. The van der Waals surface area contributed by atoms with Crippen molar-refractivity contribution >= 4 is 29.3 Å². The van der Waals surface area contributed by atoms with E-state index in [1.54, 1.807) is 18.2 Å². The summed E-state index contributed by atoms with van der Waals surface area (Å²) >= 11 is 0. The second kappa shape index (κ2) is 12.5. The van der Waals surface area contributed by atoms with Crippen LogP contribution in [0.3, 0.4) is 0 Å². The van der Waals surface area contributed by atoms with Crippen LogP contribution in [-0.2, 0) is 25.5 Å². The number of anilines is 2. The highest BCUT2D eigenvalue weighted by molar-refractivity contribution is 6.07. The number of hydrogen-bond acceptors (Lipinski definition) is 6. The van der Waals surface area contributed by atoms with Gasteiger partial charge in [-0.1, -0.05) is 72.8 Å². The van der Waals surface area contributed by atoms with Crippen molar-refractivity contribution in [2.24, 2.45) is 0 Å². The van der Waals surface area contributed by atoms with E-state index in [-0.39, 0.29) is 30.3 Å². The van der Waals surface area contributed by atoms with Crippen LogP contribution in [0.25, 0.3) is 0 Å². The molecule has 210 valence electrons. The molecule has 2 aliphatic heterocycles.